The molecule has 1 rings (SSSR count). The zero-order chi connectivity index (χ0) is 13.0. The Bertz CT molecular complexity index is 395. The molecule has 0 bridgehead atoms. The molecule has 0 radical (unpaired) electrons. The SMILES string of the molecule is CCC[C@H](N)C(=O)Nc1c(C)cc(Br)cc1C. The second-order valence-corrected chi connectivity index (χ2v) is 5.21. The molecule has 0 saturated carbocycles. The monoisotopic (exact) mass is 298 g/mol. The number of hydrogen-bond acceptors (Lipinski definition) is 2. The number of amides is 1. The molecule has 0 aliphatic heterocycles. The zero-order valence-corrected chi connectivity index (χ0v) is 12.1. The molecule has 0 fully saturated rings. The summed E-state index contributed by atoms with van der Waals surface area (Å²) < 4.78 is 1.02. The minimum Gasteiger partial charge on any atom is -0.324 e. The second kappa shape index (κ2) is 6.17. The number of benzene rings is 1. The zero-order valence-electron chi connectivity index (χ0n) is 10.5. The molecule has 94 valence electrons. The van der Waals surface area contributed by atoms with Crippen LogP contribution in [0.2, 0.25) is 0 Å². The molecule has 0 aromatic heterocycles. The molecule has 0 spiro atoms. The number of carbonyl (C=O) groups is 1. The Morgan fingerprint density at radius 2 is 1.94 bits per heavy atom. The van der Waals surface area contributed by atoms with Crippen LogP contribution in [0.5, 0.6) is 0 Å². The lowest BCUT2D eigenvalue weighted by Crippen LogP contribution is -2.35. The highest BCUT2D eigenvalue weighted by Gasteiger charge is 2.14. The number of halogens is 1. The molecule has 1 amide bonds. The van der Waals surface area contributed by atoms with E-state index in [1.807, 2.05) is 32.9 Å². The average molecular weight is 299 g/mol. The third kappa shape index (κ3) is 3.82. The third-order valence-corrected chi connectivity index (χ3v) is 3.14. The number of aryl methyl sites for hydroxylation is 2. The Hall–Kier alpha value is -0.870. The summed E-state index contributed by atoms with van der Waals surface area (Å²) >= 11 is 3.43. The van der Waals surface area contributed by atoms with Crippen molar-refractivity contribution >= 4 is 27.5 Å². The lowest BCUT2D eigenvalue weighted by Gasteiger charge is -2.15. The van der Waals surface area contributed by atoms with Crippen LogP contribution < -0.4 is 11.1 Å². The molecule has 0 unspecified atom stereocenters. The first-order valence-corrected chi connectivity index (χ1v) is 6.58. The lowest BCUT2D eigenvalue weighted by molar-refractivity contribution is -0.117. The van der Waals surface area contributed by atoms with Gasteiger partial charge in [-0.3, -0.25) is 4.79 Å². The van der Waals surface area contributed by atoms with E-state index >= 15 is 0 Å². The molecule has 0 heterocycles. The van der Waals surface area contributed by atoms with Gasteiger partial charge in [-0.15, -0.1) is 0 Å². The molecule has 3 N–H and O–H groups in total. The maximum Gasteiger partial charge on any atom is 0.241 e. The van der Waals surface area contributed by atoms with Gasteiger partial charge in [-0.1, -0.05) is 29.3 Å². The van der Waals surface area contributed by atoms with E-state index in [0.717, 1.165) is 27.7 Å². The molecule has 1 aromatic carbocycles. The van der Waals surface area contributed by atoms with Crippen molar-refractivity contribution in [3.63, 3.8) is 0 Å². The van der Waals surface area contributed by atoms with E-state index < -0.39 is 6.04 Å². The van der Waals surface area contributed by atoms with Crippen LogP contribution in [-0.4, -0.2) is 11.9 Å². The van der Waals surface area contributed by atoms with Crippen molar-refractivity contribution in [1.82, 2.24) is 0 Å². The van der Waals surface area contributed by atoms with Crippen molar-refractivity contribution in [3.8, 4) is 0 Å². The number of anilines is 1. The molecular weight excluding hydrogens is 280 g/mol. The maximum atomic E-state index is 11.8. The van der Waals surface area contributed by atoms with Crippen molar-refractivity contribution in [2.24, 2.45) is 5.73 Å². The Labute approximate surface area is 111 Å². The average Bonchev–Trinajstić information content (AvgIpc) is 2.23. The molecular formula is C13H19BrN2O. The van der Waals surface area contributed by atoms with Crippen molar-refractivity contribution < 1.29 is 4.79 Å². The molecule has 0 aliphatic rings. The van der Waals surface area contributed by atoms with Gasteiger partial charge in [0.15, 0.2) is 0 Å². The van der Waals surface area contributed by atoms with Crippen molar-refractivity contribution in [1.29, 1.82) is 0 Å². The second-order valence-electron chi connectivity index (χ2n) is 4.30. The number of nitrogens with two attached hydrogens (primary N) is 1. The number of nitrogens with one attached hydrogen (secondary N) is 1. The minimum atomic E-state index is -0.428. The molecule has 0 aliphatic carbocycles. The van der Waals surface area contributed by atoms with E-state index in [1.54, 1.807) is 0 Å². The van der Waals surface area contributed by atoms with Gasteiger partial charge < -0.3 is 11.1 Å². The summed E-state index contributed by atoms with van der Waals surface area (Å²) in [5.74, 6) is -0.111. The summed E-state index contributed by atoms with van der Waals surface area (Å²) in [6.45, 7) is 5.96. The van der Waals surface area contributed by atoms with Gasteiger partial charge in [-0.25, -0.2) is 0 Å². The predicted octanol–water partition coefficient (Wildman–Crippen LogP) is 3.13. The van der Waals surface area contributed by atoms with E-state index in [9.17, 15) is 4.79 Å². The Morgan fingerprint density at radius 1 is 1.41 bits per heavy atom. The van der Waals surface area contributed by atoms with E-state index in [1.165, 1.54) is 0 Å². The van der Waals surface area contributed by atoms with Gasteiger partial charge in [0, 0.05) is 10.2 Å². The fourth-order valence-electron chi connectivity index (χ4n) is 1.77. The normalized spacial score (nSPS) is 12.3. The molecule has 4 heteroatoms. The smallest absolute Gasteiger partial charge is 0.241 e. The Morgan fingerprint density at radius 3 is 2.41 bits per heavy atom. The number of carbonyl (C=O) groups excluding carboxylic acids is 1. The summed E-state index contributed by atoms with van der Waals surface area (Å²) in [5, 5.41) is 2.91. The molecule has 1 aromatic rings. The van der Waals surface area contributed by atoms with Gasteiger partial charge >= 0.3 is 0 Å². The van der Waals surface area contributed by atoms with Crippen LogP contribution in [0.25, 0.3) is 0 Å². The van der Waals surface area contributed by atoms with Gasteiger partial charge in [0.1, 0.15) is 0 Å². The van der Waals surface area contributed by atoms with Crippen LogP contribution in [0.4, 0.5) is 5.69 Å². The quantitative estimate of drug-likeness (QED) is 0.897. The molecule has 3 nitrogen and oxygen atoms in total. The number of hydrogen-bond donors (Lipinski definition) is 2. The summed E-state index contributed by atoms with van der Waals surface area (Å²) in [6, 6.07) is 3.53. The van der Waals surface area contributed by atoms with Gasteiger partial charge in [0.05, 0.1) is 6.04 Å². The van der Waals surface area contributed by atoms with Crippen LogP contribution in [0.1, 0.15) is 30.9 Å². The van der Waals surface area contributed by atoms with Crippen LogP contribution in [0.15, 0.2) is 16.6 Å². The summed E-state index contributed by atoms with van der Waals surface area (Å²) in [5.41, 5.74) is 8.72. The van der Waals surface area contributed by atoms with Crippen molar-refractivity contribution in [2.45, 2.75) is 39.7 Å². The standard InChI is InChI=1S/C13H19BrN2O/c1-4-5-11(15)13(17)16-12-8(2)6-10(14)7-9(12)3/h6-7,11H,4-5,15H2,1-3H3,(H,16,17)/t11-/m0/s1. The van der Waals surface area contributed by atoms with Gasteiger partial charge in [0.2, 0.25) is 5.91 Å². The summed E-state index contributed by atoms with van der Waals surface area (Å²) in [7, 11) is 0. The topological polar surface area (TPSA) is 55.1 Å². The highest BCUT2D eigenvalue weighted by atomic mass is 79.9. The van der Waals surface area contributed by atoms with Gasteiger partial charge in [-0.2, -0.15) is 0 Å². The first-order chi connectivity index (χ1) is 7.95. The maximum absolute atomic E-state index is 11.8. The van der Waals surface area contributed by atoms with E-state index in [2.05, 4.69) is 21.2 Å². The van der Waals surface area contributed by atoms with Crippen LogP contribution in [-0.2, 0) is 4.79 Å². The molecule has 1 atom stereocenters. The van der Waals surface area contributed by atoms with E-state index in [-0.39, 0.29) is 5.91 Å². The highest BCUT2D eigenvalue weighted by Crippen LogP contribution is 2.25. The lowest BCUT2D eigenvalue weighted by atomic mass is 10.1. The van der Waals surface area contributed by atoms with Gasteiger partial charge in [0.25, 0.3) is 0 Å². The minimum absolute atomic E-state index is 0.111. The van der Waals surface area contributed by atoms with Crippen molar-refractivity contribution in [2.75, 3.05) is 5.32 Å². The fourth-order valence-corrected chi connectivity index (χ4v) is 2.45. The predicted molar refractivity (Wildman–Crippen MR) is 75.1 cm³/mol. The largest absolute Gasteiger partial charge is 0.324 e. The van der Waals surface area contributed by atoms with Crippen LogP contribution in [0, 0.1) is 13.8 Å². The van der Waals surface area contributed by atoms with Crippen molar-refractivity contribution in [3.05, 3.63) is 27.7 Å². The van der Waals surface area contributed by atoms with E-state index in [0.29, 0.717) is 6.42 Å². The summed E-state index contributed by atoms with van der Waals surface area (Å²) in [6.07, 6.45) is 1.62. The first-order valence-electron chi connectivity index (χ1n) is 5.79. The molecule has 17 heavy (non-hydrogen) atoms. The summed E-state index contributed by atoms with van der Waals surface area (Å²) in [4.78, 5) is 11.8. The van der Waals surface area contributed by atoms with Crippen LogP contribution >= 0.6 is 15.9 Å². The Balaban J connectivity index is 2.85. The highest BCUT2D eigenvalue weighted by molar-refractivity contribution is 9.10. The van der Waals surface area contributed by atoms with Crippen LogP contribution in [0.3, 0.4) is 0 Å². The fraction of sp³-hybridized carbons (Fsp3) is 0.462. The third-order valence-electron chi connectivity index (χ3n) is 2.68. The molecule has 0 saturated heterocycles. The van der Waals surface area contributed by atoms with Gasteiger partial charge in [-0.05, 0) is 43.5 Å². The van der Waals surface area contributed by atoms with E-state index in [4.69, 9.17) is 5.73 Å². The Kier molecular flexibility index (Phi) is 5.15. The first kappa shape index (κ1) is 14.2. The number of rotatable bonds is 4.